The molecule has 0 unspecified atom stereocenters. The van der Waals surface area contributed by atoms with Crippen molar-refractivity contribution >= 4 is 37.4 Å². The Morgan fingerprint density at radius 2 is 1.77 bits per heavy atom. The Morgan fingerprint density at radius 1 is 1.03 bits per heavy atom. The third-order valence-corrected chi connectivity index (χ3v) is 8.42. The number of hydrogen-bond acceptors (Lipinski definition) is 7. The molecule has 11 heteroatoms. The quantitative estimate of drug-likeness (QED) is 0.448. The number of fused-ring (bicyclic) bond motifs is 3. The first-order valence-corrected chi connectivity index (χ1v) is 12.5. The Labute approximate surface area is 183 Å². The molecule has 4 aromatic rings. The monoisotopic (exact) mass is 458 g/mol. The molecular formula is C20H22N6O3S2. The number of rotatable bonds is 5. The van der Waals surface area contributed by atoms with Crippen molar-refractivity contribution in [3.63, 3.8) is 0 Å². The van der Waals surface area contributed by atoms with Crippen molar-refractivity contribution in [2.45, 2.75) is 12.3 Å². The normalized spacial score (nSPS) is 16.4. The Bertz CT molecular complexity index is 1400. The summed E-state index contributed by atoms with van der Waals surface area (Å²) >= 11 is 1.41. The SMILES string of the molecule is Cn1c(=O)c2sccc2n2c(CN3CCN(S(=O)(=O)Cc4ccccc4)CC3)nnc12. The van der Waals surface area contributed by atoms with Crippen LogP contribution in [-0.4, -0.2) is 63.0 Å². The predicted octanol–water partition coefficient (Wildman–Crippen LogP) is 1.29. The van der Waals surface area contributed by atoms with Crippen LogP contribution in [0.2, 0.25) is 0 Å². The molecule has 1 aliphatic heterocycles. The lowest BCUT2D eigenvalue weighted by molar-refractivity contribution is 0.177. The van der Waals surface area contributed by atoms with Gasteiger partial charge in [0.05, 0.1) is 17.8 Å². The fraction of sp³-hybridized carbons (Fsp3) is 0.350. The van der Waals surface area contributed by atoms with Crippen molar-refractivity contribution < 1.29 is 8.42 Å². The number of benzene rings is 1. The standard InChI is InChI=1S/C20H22N6O3S2/c1-23-19(27)18-16(7-12-30-18)26-17(21-22-20(23)26)13-24-8-10-25(11-9-24)31(28,29)14-15-5-3-2-4-6-15/h2-7,12H,8-11,13-14H2,1H3. The molecule has 0 aliphatic carbocycles. The maximum absolute atomic E-state index is 12.8. The van der Waals surface area contributed by atoms with E-state index in [9.17, 15) is 13.2 Å². The van der Waals surface area contributed by atoms with Crippen LogP contribution in [-0.2, 0) is 29.4 Å². The van der Waals surface area contributed by atoms with Crippen LogP contribution >= 0.6 is 11.3 Å². The van der Waals surface area contributed by atoms with Gasteiger partial charge in [-0.2, -0.15) is 4.31 Å². The number of nitrogens with zero attached hydrogens (tertiary/aromatic N) is 6. The summed E-state index contributed by atoms with van der Waals surface area (Å²) in [4.78, 5) is 14.7. The van der Waals surface area contributed by atoms with Gasteiger partial charge in [0.1, 0.15) is 4.70 Å². The van der Waals surface area contributed by atoms with Crippen LogP contribution in [0.3, 0.4) is 0 Å². The molecule has 31 heavy (non-hydrogen) atoms. The summed E-state index contributed by atoms with van der Waals surface area (Å²) in [5, 5.41) is 10.4. The first-order chi connectivity index (χ1) is 14.9. The zero-order chi connectivity index (χ0) is 21.6. The van der Waals surface area contributed by atoms with E-state index in [1.807, 2.05) is 46.2 Å². The van der Waals surface area contributed by atoms with Gasteiger partial charge in [-0.15, -0.1) is 21.5 Å². The third kappa shape index (κ3) is 3.67. The number of aromatic nitrogens is 4. The molecular weight excluding hydrogens is 436 g/mol. The number of hydrogen-bond donors (Lipinski definition) is 0. The molecule has 0 saturated carbocycles. The Morgan fingerprint density at radius 3 is 2.52 bits per heavy atom. The minimum absolute atomic E-state index is 0.0207. The fourth-order valence-corrected chi connectivity index (χ4v) is 6.36. The average molecular weight is 459 g/mol. The maximum atomic E-state index is 12.8. The van der Waals surface area contributed by atoms with E-state index in [0.29, 0.717) is 43.2 Å². The minimum atomic E-state index is -3.35. The first-order valence-electron chi connectivity index (χ1n) is 9.98. The summed E-state index contributed by atoms with van der Waals surface area (Å²) in [6.45, 7) is 2.65. The second kappa shape index (κ2) is 7.83. The lowest BCUT2D eigenvalue weighted by Crippen LogP contribution is -2.48. The van der Waals surface area contributed by atoms with E-state index >= 15 is 0 Å². The van der Waals surface area contributed by atoms with Gasteiger partial charge in [0, 0.05) is 33.2 Å². The smallest absolute Gasteiger partial charge is 0.272 e. The summed E-state index contributed by atoms with van der Waals surface area (Å²) in [7, 11) is -1.65. The van der Waals surface area contributed by atoms with Crippen molar-refractivity contribution in [3.8, 4) is 0 Å². The van der Waals surface area contributed by atoms with E-state index < -0.39 is 10.0 Å². The van der Waals surface area contributed by atoms with Crippen LogP contribution in [0.25, 0.3) is 16.0 Å². The van der Waals surface area contributed by atoms with Crippen molar-refractivity contribution in [2.24, 2.45) is 7.05 Å². The van der Waals surface area contributed by atoms with Gasteiger partial charge in [0.2, 0.25) is 15.8 Å². The van der Waals surface area contributed by atoms with E-state index in [0.717, 1.165) is 16.9 Å². The topological polar surface area (TPSA) is 92.8 Å². The van der Waals surface area contributed by atoms with Crippen LogP contribution in [0.4, 0.5) is 0 Å². The van der Waals surface area contributed by atoms with Crippen LogP contribution in [0.1, 0.15) is 11.4 Å². The number of sulfonamides is 1. The Kier molecular flexibility index (Phi) is 5.13. The molecule has 1 saturated heterocycles. The largest absolute Gasteiger partial charge is 0.293 e. The first kappa shape index (κ1) is 20.3. The van der Waals surface area contributed by atoms with Crippen molar-refractivity contribution in [3.05, 3.63) is 63.5 Å². The molecule has 0 bridgehead atoms. The van der Waals surface area contributed by atoms with Gasteiger partial charge >= 0.3 is 0 Å². The Hall–Kier alpha value is -2.60. The molecule has 162 valence electrons. The summed E-state index contributed by atoms with van der Waals surface area (Å²) in [5.41, 5.74) is 1.53. The van der Waals surface area contributed by atoms with E-state index in [4.69, 9.17) is 0 Å². The molecule has 0 amide bonds. The molecule has 3 aromatic heterocycles. The number of aryl methyl sites for hydroxylation is 1. The van der Waals surface area contributed by atoms with E-state index in [1.54, 1.807) is 11.4 Å². The second-order valence-corrected chi connectivity index (χ2v) is 10.6. The van der Waals surface area contributed by atoms with Gasteiger partial charge < -0.3 is 0 Å². The van der Waals surface area contributed by atoms with Gasteiger partial charge in [-0.1, -0.05) is 30.3 Å². The fourth-order valence-electron chi connectivity index (χ4n) is 4.00. The molecule has 1 fully saturated rings. The van der Waals surface area contributed by atoms with Crippen molar-refractivity contribution in [2.75, 3.05) is 26.2 Å². The highest BCUT2D eigenvalue weighted by atomic mass is 32.2. The molecule has 9 nitrogen and oxygen atoms in total. The third-order valence-electron chi connectivity index (χ3n) is 5.68. The zero-order valence-electron chi connectivity index (χ0n) is 17.0. The van der Waals surface area contributed by atoms with E-state index in [1.165, 1.54) is 15.9 Å². The van der Waals surface area contributed by atoms with E-state index in [2.05, 4.69) is 15.1 Å². The van der Waals surface area contributed by atoms with Crippen LogP contribution in [0.5, 0.6) is 0 Å². The van der Waals surface area contributed by atoms with E-state index in [-0.39, 0.29) is 11.3 Å². The highest BCUT2D eigenvalue weighted by Gasteiger charge is 2.28. The van der Waals surface area contributed by atoms with Crippen molar-refractivity contribution in [1.82, 2.24) is 28.4 Å². The molecule has 1 aliphatic rings. The average Bonchev–Trinajstić information content (AvgIpc) is 3.40. The molecule has 1 aromatic carbocycles. The Balaban J connectivity index is 1.32. The summed E-state index contributed by atoms with van der Waals surface area (Å²) in [5.74, 6) is 1.27. The molecule has 4 heterocycles. The van der Waals surface area contributed by atoms with Crippen molar-refractivity contribution in [1.29, 1.82) is 0 Å². The molecule has 5 rings (SSSR count). The van der Waals surface area contributed by atoms with Gasteiger partial charge in [-0.05, 0) is 17.0 Å². The lowest BCUT2D eigenvalue weighted by Gasteiger charge is -2.33. The zero-order valence-corrected chi connectivity index (χ0v) is 18.6. The van der Waals surface area contributed by atoms with Gasteiger partial charge in [-0.3, -0.25) is 18.7 Å². The van der Waals surface area contributed by atoms with Gasteiger partial charge in [0.15, 0.2) is 5.82 Å². The summed E-state index contributed by atoms with van der Waals surface area (Å²) in [6.07, 6.45) is 0. The molecule has 0 spiro atoms. The maximum Gasteiger partial charge on any atom is 0.272 e. The highest BCUT2D eigenvalue weighted by Crippen LogP contribution is 2.20. The molecule has 0 atom stereocenters. The van der Waals surface area contributed by atoms with Gasteiger partial charge in [-0.25, -0.2) is 8.42 Å². The highest BCUT2D eigenvalue weighted by molar-refractivity contribution is 7.88. The molecule has 0 N–H and O–H groups in total. The summed E-state index contributed by atoms with van der Waals surface area (Å²) in [6, 6.07) is 11.2. The number of piperazine rings is 1. The lowest BCUT2D eigenvalue weighted by atomic mass is 10.2. The number of thiophene rings is 1. The van der Waals surface area contributed by atoms with Crippen LogP contribution < -0.4 is 5.56 Å². The van der Waals surface area contributed by atoms with Crippen LogP contribution in [0, 0.1) is 0 Å². The predicted molar refractivity (Wildman–Crippen MR) is 120 cm³/mol. The van der Waals surface area contributed by atoms with Gasteiger partial charge in [0.25, 0.3) is 5.56 Å². The summed E-state index contributed by atoms with van der Waals surface area (Å²) < 4.78 is 31.3. The van der Waals surface area contributed by atoms with Crippen LogP contribution in [0.15, 0.2) is 46.6 Å². The minimum Gasteiger partial charge on any atom is -0.293 e. The molecule has 0 radical (unpaired) electrons. The second-order valence-electron chi connectivity index (χ2n) is 7.67.